The highest BCUT2D eigenvalue weighted by Crippen LogP contribution is 2.23. The van der Waals surface area contributed by atoms with Gasteiger partial charge in [-0.3, -0.25) is 9.69 Å². The van der Waals surface area contributed by atoms with Gasteiger partial charge in [-0.15, -0.1) is 11.3 Å². The van der Waals surface area contributed by atoms with Gasteiger partial charge >= 0.3 is 0 Å². The van der Waals surface area contributed by atoms with Gasteiger partial charge < -0.3 is 5.32 Å². The third kappa shape index (κ3) is 4.40. The number of benzene rings is 1. The summed E-state index contributed by atoms with van der Waals surface area (Å²) in [6.07, 6.45) is 7.16. The number of amides is 1. The van der Waals surface area contributed by atoms with Crippen LogP contribution in [0, 0.1) is 0 Å². The molecule has 1 saturated heterocycles. The highest BCUT2D eigenvalue weighted by atomic mass is 32.1. The molecule has 0 saturated carbocycles. The number of rotatable bonds is 6. The molecule has 1 N–H and O–H groups in total. The zero-order valence-electron chi connectivity index (χ0n) is 15.0. The molecule has 3 aromatic rings. The van der Waals surface area contributed by atoms with Gasteiger partial charge in [-0.25, -0.2) is 9.97 Å². The van der Waals surface area contributed by atoms with Crippen LogP contribution in [0.25, 0.3) is 11.1 Å². The van der Waals surface area contributed by atoms with Crippen LogP contribution in [0.3, 0.4) is 0 Å². The maximum absolute atomic E-state index is 12.6. The highest BCUT2D eigenvalue weighted by Gasteiger charge is 2.30. The van der Waals surface area contributed by atoms with Gasteiger partial charge in [0.05, 0.1) is 12.6 Å². The molecule has 0 aliphatic carbocycles. The molecule has 1 fully saturated rings. The van der Waals surface area contributed by atoms with Crippen molar-refractivity contribution in [1.29, 1.82) is 0 Å². The quantitative estimate of drug-likeness (QED) is 0.713. The summed E-state index contributed by atoms with van der Waals surface area (Å²) in [5.74, 6) is 0.138. The Kier molecular flexibility index (Phi) is 5.55. The van der Waals surface area contributed by atoms with Crippen molar-refractivity contribution in [3.8, 4) is 11.1 Å². The van der Waals surface area contributed by atoms with E-state index >= 15 is 0 Å². The number of likely N-dealkylation sites (tertiary alicyclic amines) is 1. The molecule has 1 aromatic carbocycles. The average molecular weight is 379 g/mol. The molecule has 3 heterocycles. The fourth-order valence-electron chi connectivity index (χ4n) is 3.50. The molecular weight excluding hydrogens is 356 g/mol. The van der Waals surface area contributed by atoms with Crippen LogP contribution >= 0.6 is 11.3 Å². The number of hydrogen-bond donors (Lipinski definition) is 1. The predicted molar refractivity (Wildman–Crippen MR) is 107 cm³/mol. The Morgan fingerprint density at radius 3 is 2.70 bits per heavy atom. The Balaban J connectivity index is 1.37. The lowest BCUT2D eigenvalue weighted by molar-refractivity contribution is -0.125. The number of thiophene rings is 1. The van der Waals surface area contributed by atoms with E-state index in [-0.39, 0.29) is 11.9 Å². The summed E-state index contributed by atoms with van der Waals surface area (Å²) >= 11 is 1.67. The minimum atomic E-state index is -0.0350. The van der Waals surface area contributed by atoms with Crippen molar-refractivity contribution in [2.45, 2.75) is 32.0 Å². The number of carbonyl (C=O) groups is 1. The number of nitrogens with one attached hydrogen (secondary N) is 1. The van der Waals surface area contributed by atoms with Gasteiger partial charge in [-0.2, -0.15) is 0 Å². The van der Waals surface area contributed by atoms with E-state index in [9.17, 15) is 4.79 Å². The zero-order chi connectivity index (χ0) is 18.5. The molecular formula is C21H22N4OS. The molecule has 6 heteroatoms. The van der Waals surface area contributed by atoms with E-state index in [2.05, 4.69) is 50.5 Å². The standard InChI is InChI=1S/C21H22N4OS/c26-21(24-13-19-3-2-10-27-19)20-4-1-9-25(20)14-16-5-7-17(8-6-16)18-11-22-15-23-12-18/h2-3,5-8,10-12,15,20H,1,4,9,13-14H2,(H,24,26). The second-order valence-electron chi connectivity index (χ2n) is 6.75. The van der Waals surface area contributed by atoms with E-state index in [1.807, 2.05) is 23.8 Å². The number of nitrogens with zero attached hydrogens (tertiary/aromatic N) is 3. The fourth-order valence-corrected chi connectivity index (χ4v) is 4.15. The Morgan fingerprint density at radius 2 is 1.96 bits per heavy atom. The molecule has 1 amide bonds. The van der Waals surface area contributed by atoms with Crippen LogP contribution in [0.5, 0.6) is 0 Å². The van der Waals surface area contributed by atoms with Gasteiger partial charge in [0.1, 0.15) is 6.33 Å². The molecule has 1 aliphatic rings. The Labute approximate surface area is 163 Å². The monoisotopic (exact) mass is 378 g/mol. The van der Waals surface area contributed by atoms with Crippen molar-refractivity contribution < 1.29 is 4.79 Å². The van der Waals surface area contributed by atoms with E-state index in [1.54, 1.807) is 11.3 Å². The summed E-state index contributed by atoms with van der Waals surface area (Å²) in [6, 6.07) is 12.5. The second kappa shape index (κ2) is 8.41. The molecule has 0 spiro atoms. The van der Waals surface area contributed by atoms with E-state index in [0.29, 0.717) is 6.54 Å². The van der Waals surface area contributed by atoms with Gasteiger partial charge in [0.25, 0.3) is 0 Å². The minimum absolute atomic E-state index is 0.0350. The summed E-state index contributed by atoms with van der Waals surface area (Å²) in [7, 11) is 0. The van der Waals surface area contributed by atoms with Crippen molar-refractivity contribution in [3.63, 3.8) is 0 Å². The topological polar surface area (TPSA) is 58.1 Å². The Bertz CT molecular complexity index is 865. The van der Waals surface area contributed by atoms with Crippen molar-refractivity contribution in [2.75, 3.05) is 6.54 Å². The van der Waals surface area contributed by atoms with Crippen LogP contribution in [0.2, 0.25) is 0 Å². The number of hydrogen-bond acceptors (Lipinski definition) is 5. The molecule has 2 aromatic heterocycles. The zero-order valence-corrected chi connectivity index (χ0v) is 15.9. The van der Waals surface area contributed by atoms with E-state index in [0.717, 1.165) is 37.1 Å². The van der Waals surface area contributed by atoms with Crippen LogP contribution in [0.15, 0.2) is 60.5 Å². The van der Waals surface area contributed by atoms with Gasteiger partial charge in [0.2, 0.25) is 5.91 Å². The third-order valence-corrected chi connectivity index (χ3v) is 5.79. The van der Waals surface area contributed by atoms with Crippen molar-refractivity contribution in [1.82, 2.24) is 20.2 Å². The first-order valence-electron chi connectivity index (χ1n) is 9.18. The molecule has 0 radical (unpaired) electrons. The molecule has 4 rings (SSSR count). The van der Waals surface area contributed by atoms with Crippen molar-refractivity contribution in [3.05, 3.63) is 70.9 Å². The molecule has 0 bridgehead atoms. The lowest BCUT2D eigenvalue weighted by atomic mass is 10.1. The maximum atomic E-state index is 12.6. The fraction of sp³-hybridized carbons (Fsp3) is 0.286. The molecule has 27 heavy (non-hydrogen) atoms. The summed E-state index contributed by atoms with van der Waals surface area (Å²) in [5.41, 5.74) is 3.33. The predicted octanol–water partition coefficient (Wildman–Crippen LogP) is 3.49. The smallest absolute Gasteiger partial charge is 0.237 e. The first kappa shape index (κ1) is 17.8. The lowest BCUT2D eigenvalue weighted by Crippen LogP contribution is -2.42. The normalized spacial score (nSPS) is 17.1. The maximum Gasteiger partial charge on any atom is 0.237 e. The third-order valence-electron chi connectivity index (χ3n) is 4.92. The largest absolute Gasteiger partial charge is 0.350 e. The minimum Gasteiger partial charge on any atom is -0.350 e. The Morgan fingerprint density at radius 1 is 1.15 bits per heavy atom. The molecule has 5 nitrogen and oxygen atoms in total. The molecule has 138 valence electrons. The van der Waals surface area contributed by atoms with E-state index < -0.39 is 0 Å². The van der Waals surface area contributed by atoms with Gasteiger partial charge in [0, 0.05) is 29.4 Å². The lowest BCUT2D eigenvalue weighted by Gasteiger charge is -2.23. The van der Waals surface area contributed by atoms with Crippen LogP contribution in [0.4, 0.5) is 0 Å². The number of aromatic nitrogens is 2. The van der Waals surface area contributed by atoms with Crippen LogP contribution in [-0.4, -0.2) is 33.4 Å². The number of carbonyl (C=O) groups excluding carboxylic acids is 1. The van der Waals surface area contributed by atoms with Crippen molar-refractivity contribution in [2.24, 2.45) is 0 Å². The van der Waals surface area contributed by atoms with Gasteiger partial charge in [0.15, 0.2) is 0 Å². The van der Waals surface area contributed by atoms with E-state index in [4.69, 9.17) is 0 Å². The molecule has 1 atom stereocenters. The van der Waals surface area contributed by atoms with Crippen molar-refractivity contribution >= 4 is 17.2 Å². The summed E-state index contributed by atoms with van der Waals surface area (Å²) in [6.45, 7) is 2.38. The van der Waals surface area contributed by atoms with Gasteiger partial charge in [-0.05, 0) is 42.0 Å². The summed E-state index contributed by atoms with van der Waals surface area (Å²) in [4.78, 5) is 24.2. The van der Waals surface area contributed by atoms with E-state index in [1.165, 1.54) is 16.8 Å². The second-order valence-corrected chi connectivity index (χ2v) is 7.78. The summed E-state index contributed by atoms with van der Waals surface area (Å²) in [5, 5.41) is 5.13. The SMILES string of the molecule is O=C(NCc1cccs1)C1CCCN1Cc1ccc(-c2cncnc2)cc1. The van der Waals surface area contributed by atoms with Crippen LogP contribution < -0.4 is 5.32 Å². The van der Waals surface area contributed by atoms with Gasteiger partial charge in [-0.1, -0.05) is 30.3 Å². The van der Waals surface area contributed by atoms with Crippen LogP contribution in [-0.2, 0) is 17.9 Å². The van der Waals surface area contributed by atoms with Crippen LogP contribution in [0.1, 0.15) is 23.3 Å². The molecule has 1 aliphatic heterocycles. The summed E-state index contributed by atoms with van der Waals surface area (Å²) < 4.78 is 0. The first-order chi connectivity index (χ1) is 13.3. The first-order valence-corrected chi connectivity index (χ1v) is 10.1. The Hall–Kier alpha value is -2.57. The average Bonchev–Trinajstić information content (AvgIpc) is 3.39. The molecule has 1 unspecified atom stereocenters. The highest BCUT2D eigenvalue weighted by molar-refractivity contribution is 7.09.